The Hall–Kier alpha value is -1.10. The lowest BCUT2D eigenvalue weighted by molar-refractivity contribution is 0.656. The van der Waals surface area contributed by atoms with E-state index in [2.05, 4.69) is 55.2 Å². The van der Waals surface area contributed by atoms with Gasteiger partial charge in [-0.3, -0.25) is 4.99 Å². The van der Waals surface area contributed by atoms with Crippen LogP contribution in [0.4, 0.5) is 0 Å². The van der Waals surface area contributed by atoms with E-state index in [1.807, 2.05) is 0 Å². The van der Waals surface area contributed by atoms with Gasteiger partial charge in [0.15, 0.2) is 5.96 Å². The molecule has 0 bridgehead atoms. The van der Waals surface area contributed by atoms with Crippen LogP contribution in [-0.2, 0) is 6.42 Å². The SMILES string of the molecule is CCNC(=NCC(C)C)NCCc1sc(C)nc1C. The van der Waals surface area contributed by atoms with Gasteiger partial charge in [0.2, 0.25) is 0 Å². The summed E-state index contributed by atoms with van der Waals surface area (Å²) in [7, 11) is 0. The van der Waals surface area contributed by atoms with Crippen molar-refractivity contribution in [2.45, 2.75) is 41.0 Å². The van der Waals surface area contributed by atoms with Crippen molar-refractivity contribution in [3.63, 3.8) is 0 Å². The molecule has 0 unspecified atom stereocenters. The van der Waals surface area contributed by atoms with Gasteiger partial charge in [-0.15, -0.1) is 11.3 Å². The Morgan fingerprint density at radius 2 is 2.05 bits per heavy atom. The summed E-state index contributed by atoms with van der Waals surface area (Å²) in [5.74, 6) is 1.50. The number of nitrogens with one attached hydrogen (secondary N) is 2. The average Bonchev–Trinajstić information content (AvgIpc) is 2.65. The summed E-state index contributed by atoms with van der Waals surface area (Å²) < 4.78 is 0. The highest BCUT2D eigenvalue weighted by atomic mass is 32.1. The molecule has 0 saturated heterocycles. The summed E-state index contributed by atoms with van der Waals surface area (Å²) >= 11 is 1.79. The van der Waals surface area contributed by atoms with Crippen molar-refractivity contribution in [2.24, 2.45) is 10.9 Å². The highest BCUT2D eigenvalue weighted by Crippen LogP contribution is 2.16. The molecule has 19 heavy (non-hydrogen) atoms. The van der Waals surface area contributed by atoms with Crippen LogP contribution >= 0.6 is 11.3 Å². The number of hydrogen-bond acceptors (Lipinski definition) is 3. The number of aromatic nitrogens is 1. The van der Waals surface area contributed by atoms with Crippen molar-refractivity contribution < 1.29 is 0 Å². The lowest BCUT2D eigenvalue weighted by Gasteiger charge is -2.11. The predicted molar refractivity (Wildman–Crippen MR) is 84.1 cm³/mol. The molecular formula is C14H26N4S. The summed E-state index contributed by atoms with van der Waals surface area (Å²) in [5, 5.41) is 7.80. The third-order valence-electron chi connectivity index (χ3n) is 2.60. The van der Waals surface area contributed by atoms with Crippen LogP contribution in [-0.4, -0.2) is 30.6 Å². The fourth-order valence-corrected chi connectivity index (χ4v) is 2.65. The van der Waals surface area contributed by atoms with Crippen LogP contribution in [0.15, 0.2) is 4.99 Å². The molecule has 1 aromatic heterocycles. The molecule has 1 heterocycles. The number of aryl methyl sites for hydroxylation is 2. The molecule has 0 amide bonds. The summed E-state index contributed by atoms with van der Waals surface area (Å²) in [6.07, 6.45) is 1.00. The molecule has 0 spiro atoms. The molecule has 0 aromatic carbocycles. The molecule has 0 atom stereocenters. The van der Waals surface area contributed by atoms with Gasteiger partial charge in [0.25, 0.3) is 0 Å². The van der Waals surface area contributed by atoms with E-state index in [1.54, 1.807) is 11.3 Å². The Bertz CT molecular complexity index is 410. The van der Waals surface area contributed by atoms with Crippen LogP contribution in [0.25, 0.3) is 0 Å². The maximum absolute atomic E-state index is 4.55. The number of hydrogen-bond donors (Lipinski definition) is 2. The first-order valence-electron chi connectivity index (χ1n) is 6.98. The van der Waals surface area contributed by atoms with E-state index < -0.39 is 0 Å². The minimum atomic E-state index is 0.585. The van der Waals surface area contributed by atoms with E-state index in [-0.39, 0.29) is 0 Å². The highest BCUT2D eigenvalue weighted by molar-refractivity contribution is 7.11. The van der Waals surface area contributed by atoms with Crippen LogP contribution in [0.2, 0.25) is 0 Å². The highest BCUT2D eigenvalue weighted by Gasteiger charge is 2.05. The second kappa shape index (κ2) is 8.15. The zero-order chi connectivity index (χ0) is 14.3. The van der Waals surface area contributed by atoms with Crippen LogP contribution in [0.3, 0.4) is 0 Å². The molecule has 5 heteroatoms. The van der Waals surface area contributed by atoms with Crippen LogP contribution < -0.4 is 10.6 Å². The third kappa shape index (κ3) is 6.05. The summed E-state index contributed by atoms with van der Waals surface area (Å²) in [6.45, 7) is 13.2. The second-order valence-corrected chi connectivity index (χ2v) is 6.32. The van der Waals surface area contributed by atoms with Crippen molar-refractivity contribution in [3.05, 3.63) is 15.6 Å². The Morgan fingerprint density at radius 3 is 2.58 bits per heavy atom. The van der Waals surface area contributed by atoms with E-state index in [0.717, 1.165) is 42.7 Å². The number of guanidine groups is 1. The van der Waals surface area contributed by atoms with Crippen LogP contribution in [0, 0.1) is 19.8 Å². The van der Waals surface area contributed by atoms with Crippen molar-refractivity contribution in [1.82, 2.24) is 15.6 Å². The van der Waals surface area contributed by atoms with E-state index in [1.165, 1.54) is 4.88 Å². The molecule has 0 fully saturated rings. The lowest BCUT2D eigenvalue weighted by Crippen LogP contribution is -2.38. The fraction of sp³-hybridized carbons (Fsp3) is 0.714. The second-order valence-electron chi connectivity index (χ2n) is 5.03. The first-order valence-corrected chi connectivity index (χ1v) is 7.79. The van der Waals surface area contributed by atoms with Gasteiger partial charge < -0.3 is 10.6 Å². The zero-order valence-electron chi connectivity index (χ0n) is 12.7. The van der Waals surface area contributed by atoms with Crippen LogP contribution in [0.1, 0.15) is 36.3 Å². The molecule has 0 aliphatic heterocycles. The molecule has 1 rings (SSSR count). The van der Waals surface area contributed by atoms with Gasteiger partial charge in [-0.2, -0.15) is 0 Å². The maximum atomic E-state index is 4.55. The Morgan fingerprint density at radius 1 is 1.32 bits per heavy atom. The monoisotopic (exact) mass is 282 g/mol. The molecular weight excluding hydrogens is 256 g/mol. The first-order chi connectivity index (χ1) is 9.02. The van der Waals surface area contributed by atoms with E-state index in [9.17, 15) is 0 Å². The van der Waals surface area contributed by atoms with Crippen molar-refractivity contribution in [1.29, 1.82) is 0 Å². The van der Waals surface area contributed by atoms with Crippen molar-refractivity contribution in [3.8, 4) is 0 Å². The van der Waals surface area contributed by atoms with Gasteiger partial charge in [-0.25, -0.2) is 4.98 Å². The normalized spacial score (nSPS) is 12.0. The topological polar surface area (TPSA) is 49.3 Å². The number of aliphatic imine (C=N–C) groups is 1. The minimum absolute atomic E-state index is 0.585. The zero-order valence-corrected chi connectivity index (χ0v) is 13.5. The number of rotatable bonds is 6. The van der Waals surface area contributed by atoms with Gasteiger partial charge in [0.05, 0.1) is 10.7 Å². The largest absolute Gasteiger partial charge is 0.357 e. The molecule has 0 saturated carbocycles. The molecule has 0 aliphatic carbocycles. The molecule has 2 N–H and O–H groups in total. The van der Waals surface area contributed by atoms with Gasteiger partial charge >= 0.3 is 0 Å². The molecule has 4 nitrogen and oxygen atoms in total. The van der Waals surface area contributed by atoms with Crippen LogP contribution in [0.5, 0.6) is 0 Å². The van der Waals surface area contributed by atoms with E-state index in [0.29, 0.717) is 5.92 Å². The number of nitrogens with zero attached hydrogens (tertiary/aromatic N) is 2. The Labute approximate surface area is 120 Å². The standard InChI is InChI=1S/C14H26N4S/c1-6-15-14(17-9-10(2)3)16-8-7-13-11(4)18-12(5)19-13/h10H,6-9H2,1-5H3,(H2,15,16,17). The fourth-order valence-electron chi connectivity index (χ4n) is 1.72. The summed E-state index contributed by atoms with van der Waals surface area (Å²) in [6, 6.07) is 0. The molecule has 108 valence electrons. The van der Waals surface area contributed by atoms with Crippen molar-refractivity contribution in [2.75, 3.05) is 19.6 Å². The Kier molecular flexibility index (Phi) is 6.84. The minimum Gasteiger partial charge on any atom is -0.357 e. The van der Waals surface area contributed by atoms with E-state index >= 15 is 0 Å². The first kappa shape index (κ1) is 16.0. The molecule has 0 aliphatic rings. The average molecular weight is 282 g/mol. The maximum Gasteiger partial charge on any atom is 0.191 e. The Balaban J connectivity index is 2.43. The number of thiazole rings is 1. The molecule has 0 radical (unpaired) electrons. The third-order valence-corrected chi connectivity index (χ3v) is 3.74. The van der Waals surface area contributed by atoms with Gasteiger partial charge in [-0.05, 0) is 26.7 Å². The van der Waals surface area contributed by atoms with E-state index in [4.69, 9.17) is 0 Å². The van der Waals surface area contributed by atoms with Gasteiger partial charge in [0, 0.05) is 30.9 Å². The predicted octanol–water partition coefficient (Wildman–Crippen LogP) is 2.51. The van der Waals surface area contributed by atoms with Crippen molar-refractivity contribution >= 4 is 17.3 Å². The summed E-state index contributed by atoms with van der Waals surface area (Å²) in [5.41, 5.74) is 1.16. The quantitative estimate of drug-likeness (QED) is 0.622. The summed E-state index contributed by atoms with van der Waals surface area (Å²) in [4.78, 5) is 10.4. The van der Waals surface area contributed by atoms with Gasteiger partial charge in [0.1, 0.15) is 0 Å². The smallest absolute Gasteiger partial charge is 0.191 e. The van der Waals surface area contributed by atoms with Gasteiger partial charge in [-0.1, -0.05) is 13.8 Å². The lowest BCUT2D eigenvalue weighted by atomic mass is 10.2. The molecule has 1 aromatic rings.